The van der Waals surface area contributed by atoms with Crippen LogP contribution in [0, 0.1) is 0 Å². The molecule has 2 N–H and O–H groups in total. The van der Waals surface area contributed by atoms with Crippen molar-refractivity contribution in [3.8, 4) is 0 Å². The fourth-order valence-electron chi connectivity index (χ4n) is 3.46. The van der Waals surface area contributed by atoms with Crippen LogP contribution < -0.4 is 15.5 Å². The molecule has 0 fully saturated rings. The lowest BCUT2D eigenvalue weighted by Crippen LogP contribution is -2.48. The Morgan fingerprint density at radius 1 is 1.24 bits per heavy atom. The van der Waals surface area contributed by atoms with Crippen LogP contribution in [0.3, 0.4) is 0 Å². The molecule has 172 valence electrons. The fraction of sp³-hybridized carbons (Fsp3) is 0.348. The van der Waals surface area contributed by atoms with E-state index in [1.54, 1.807) is 22.8 Å². The highest BCUT2D eigenvalue weighted by molar-refractivity contribution is 7.99. The Morgan fingerprint density at radius 2 is 2.06 bits per heavy atom. The summed E-state index contributed by atoms with van der Waals surface area (Å²) < 4.78 is 1.61. The summed E-state index contributed by atoms with van der Waals surface area (Å²) in [6.07, 6.45) is 5.38. The molecule has 0 saturated heterocycles. The first-order valence-corrected chi connectivity index (χ1v) is 11.9. The number of hydrogen-bond acceptors (Lipinski definition) is 7. The van der Waals surface area contributed by atoms with Crippen LogP contribution >= 0.6 is 11.8 Å². The monoisotopic (exact) mass is 465 g/mol. The quantitative estimate of drug-likeness (QED) is 0.493. The van der Waals surface area contributed by atoms with Gasteiger partial charge in [0.1, 0.15) is 18.2 Å². The second-order valence-corrected chi connectivity index (χ2v) is 8.87. The third kappa shape index (κ3) is 5.51. The van der Waals surface area contributed by atoms with Gasteiger partial charge in [-0.1, -0.05) is 43.7 Å². The van der Waals surface area contributed by atoms with Gasteiger partial charge in [-0.15, -0.1) is 16.9 Å². The predicted octanol–water partition coefficient (Wildman–Crippen LogP) is 2.80. The smallest absolute Gasteiger partial charge is 0.291 e. The zero-order chi connectivity index (χ0) is 23.2. The lowest BCUT2D eigenvalue weighted by Gasteiger charge is -2.21. The number of nitrogens with one attached hydrogen (secondary N) is 2. The molecule has 0 radical (unpaired) electrons. The number of likely N-dealkylation sites (N-methyl/N-ethyl adjacent to an activating group) is 1. The number of carbonyl (C=O) groups excluding carboxylic acids is 2. The van der Waals surface area contributed by atoms with E-state index in [0.29, 0.717) is 12.3 Å². The molecule has 2 amide bonds. The highest BCUT2D eigenvalue weighted by Crippen LogP contribution is 2.34. The SMILES string of the molecule is CCCCNc1cc2c(cn1)N(C)C(=O)[C@@H](NC(=O)c1ncn(Cc3ccccc3)n1)CS2. The molecular formula is C23H27N7O2S. The van der Waals surface area contributed by atoms with Gasteiger partial charge in [-0.05, 0) is 18.1 Å². The summed E-state index contributed by atoms with van der Waals surface area (Å²) in [6, 6.07) is 11.1. The Labute approximate surface area is 197 Å². The first-order valence-electron chi connectivity index (χ1n) is 10.9. The minimum Gasteiger partial charge on any atom is -0.370 e. The van der Waals surface area contributed by atoms with Crippen LogP contribution in [0.5, 0.6) is 0 Å². The number of nitrogens with zero attached hydrogens (tertiary/aromatic N) is 5. The number of anilines is 2. The molecule has 3 heterocycles. The van der Waals surface area contributed by atoms with Crippen LogP contribution in [0.25, 0.3) is 0 Å². The lowest BCUT2D eigenvalue weighted by atomic mass is 10.2. The van der Waals surface area contributed by atoms with Crippen molar-refractivity contribution in [3.05, 3.63) is 60.3 Å². The second kappa shape index (κ2) is 10.5. The average molecular weight is 466 g/mol. The first kappa shape index (κ1) is 22.8. The van der Waals surface area contributed by atoms with E-state index in [9.17, 15) is 9.59 Å². The summed E-state index contributed by atoms with van der Waals surface area (Å²) >= 11 is 1.52. The third-order valence-corrected chi connectivity index (χ3v) is 6.45. The van der Waals surface area contributed by atoms with E-state index in [4.69, 9.17) is 0 Å². The number of hydrogen-bond donors (Lipinski definition) is 2. The van der Waals surface area contributed by atoms with E-state index in [0.717, 1.165) is 41.4 Å². The normalized spacial score (nSPS) is 15.6. The van der Waals surface area contributed by atoms with Gasteiger partial charge in [-0.3, -0.25) is 9.59 Å². The Kier molecular flexibility index (Phi) is 7.23. The summed E-state index contributed by atoms with van der Waals surface area (Å²) in [7, 11) is 1.70. The number of unbranched alkanes of at least 4 members (excludes halogenated alkanes) is 1. The number of rotatable bonds is 8. The van der Waals surface area contributed by atoms with Gasteiger partial charge in [0.15, 0.2) is 0 Å². The molecule has 1 atom stereocenters. The van der Waals surface area contributed by atoms with Crippen molar-refractivity contribution in [2.75, 3.05) is 29.6 Å². The number of carbonyl (C=O) groups is 2. The molecule has 0 bridgehead atoms. The molecule has 0 unspecified atom stereocenters. The van der Waals surface area contributed by atoms with Crippen LogP contribution in [0.1, 0.15) is 35.9 Å². The molecule has 10 heteroatoms. The number of benzene rings is 1. The van der Waals surface area contributed by atoms with Gasteiger partial charge < -0.3 is 15.5 Å². The van der Waals surface area contributed by atoms with Crippen molar-refractivity contribution in [2.24, 2.45) is 0 Å². The molecule has 33 heavy (non-hydrogen) atoms. The molecule has 4 rings (SSSR count). The maximum Gasteiger partial charge on any atom is 0.291 e. The standard InChI is InChI=1S/C23H27N7O2S/c1-3-4-10-24-20-11-19-18(12-25-20)29(2)23(32)17(14-33-19)27-22(31)21-26-15-30(28-21)13-16-8-6-5-7-9-16/h5-9,11-12,15,17H,3-4,10,13-14H2,1-2H3,(H,24,25)(H,27,31)/t17-/m0/s1. The van der Waals surface area contributed by atoms with Crippen LogP contribution in [0.4, 0.5) is 11.5 Å². The van der Waals surface area contributed by atoms with Gasteiger partial charge in [0.05, 0.1) is 18.4 Å². The van der Waals surface area contributed by atoms with Crippen molar-refractivity contribution in [3.63, 3.8) is 0 Å². The molecule has 2 aromatic heterocycles. The van der Waals surface area contributed by atoms with Gasteiger partial charge in [0.25, 0.3) is 5.91 Å². The Hall–Kier alpha value is -3.40. The minimum atomic E-state index is -0.697. The van der Waals surface area contributed by atoms with Crippen LogP contribution in [-0.4, -0.2) is 56.9 Å². The van der Waals surface area contributed by atoms with E-state index >= 15 is 0 Å². The summed E-state index contributed by atoms with van der Waals surface area (Å²) in [5.74, 6) is 0.556. The zero-order valence-corrected chi connectivity index (χ0v) is 19.5. The lowest BCUT2D eigenvalue weighted by molar-refractivity contribution is -0.119. The topological polar surface area (TPSA) is 105 Å². The predicted molar refractivity (Wildman–Crippen MR) is 129 cm³/mol. The minimum absolute atomic E-state index is 0.0391. The third-order valence-electron chi connectivity index (χ3n) is 5.31. The van der Waals surface area contributed by atoms with Crippen molar-refractivity contribution in [1.29, 1.82) is 0 Å². The maximum atomic E-state index is 13.0. The van der Waals surface area contributed by atoms with Crippen LogP contribution in [0.15, 0.2) is 53.8 Å². The Morgan fingerprint density at radius 3 is 2.85 bits per heavy atom. The van der Waals surface area contributed by atoms with Crippen LogP contribution in [-0.2, 0) is 11.3 Å². The highest BCUT2D eigenvalue weighted by atomic mass is 32.2. The van der Waals surface area contributed by atoms with E-state index in [1.807, 2.05) is 36.4 Å². The van der Waals surface area contributed by atoms with E-state index in [-0.39, 0.29) is 11.7 Å². The van der Waals surface area contributed by atoms with Crippen LogP contribution in [0.2, 0.25) is 0 Å². The molecule has 0 aliphatic carbocycles. The van der Waals surface area contributed by atoms with Crippen molar-refractivity contribution >= 4 is 35.1 Å². The van der Waals surface area contributed by atoms with Gasteiger partial charge in [-0.25, -0.2) is 14.6 Å². The van der Waals surface area contributed by atoms with Crippen molar-refractivity contribution < 1.29 is 9.59 Å². The molecule has 0 spiro atoms. The molecule has 1 aliphatic rings. The summed E-state index contributed by atoms with van der Waals surface area (Å²) in [5, 5.41) is 10.4. The largest absolute Gasteiger partial charge is 0.370 e. The second-order valence-electron chi connectivity index (χ2n) is 7.80. The summed E-state index contributed by atoms with van der Waals surface area (Å²) in [4.78, 5) is 36.8. The van der Waals surface area contributed by atoms with E-state index < -0.39 is 11.9 Å². The number of amides is 2. The molecule has 9 nitrogen and oxygen atoms in total. The summed E-state index contributed by atoms with van der Waals surface area (Å²) in [5.41, 5.74) is 1.79. The number of aromatic nitrogens is 4. The van der Waals surface area contributed by atoms with Gasteiger partial charge >= 0.3 is 0 Å². The van der Waals surface area contributed by atoms with Crippen molar-refractivity contribution in [1.82, 2.24) is 25.1 Å². The van der Waals surface area contributed by atoms with Gasteiger partial charge in [0.2, 0.25) is 11.7 Å². The van der Waals surface area contributed by atoms with Gasteiger partial charge in [-0.2, -0.15) is 0 Å². The number of pyridine rings is 1. The molecule has 3 aromatic rings. The molecule has 1 aliphatic heterocycles. The maximum absolute atomic E-state index is 13.0. The zero-order valence-electron chi connectivity index (χ0n) is 18.7. The molecular weight excluding hydrogens is 438 g/mol. The summed E-state index contributed by atoms with van der Waals surface area (Å²) in [6.45, 7) is 3.50. The fourth-order valence-corrected chi connectivity index (χ4v) is 4.56. The average Bonchev–Trinajstić information content (AvgIpc) is 3.26. The van der Waals surface area contributed by atoms with E-state index in [1.165, 1.54) is 18.1 Å². The first-order chi connectivity index (χ1) is 16.0. The number of thioether (sulfide) groups is 1. The molecule has 1 aromatic carbocycles. The Balaban J connectivity index is 1.41. The van der Waals surface area contributed by atoms with E-state index in [2.05, 4.69) is 32.6 Å². The Bertz CT molecular complexity index is 1120. The molecule has 0 saturated carbocycles. The van der Waals surface area contributed by atoms with Gasteiger partial charge in [0, 0.05) is 24.2 Å². The highest BCUT2D eigenvalue weighted by Gasteiger charge is 2.31. The van der Waals surface area contributed by atoms with Crippen molar-refractivity contribution in [2.45, 2.75) is 37.2 Å². The number of fused-ring (bicyclic) bond motifs is 1.